The molecule has 0 aromatic heterocycles. The van der Waals surface area contributed by atoms with E-state index >= 15 is 0 Å². The smallest absolute Gasteiger partial charge is 0.462 e. The van der Waals surface area contributed by atoms with E-state index in [0.717, 1.165) is 96.3 Å². The molecule has 0 saturated heterocycles. The number of aliphatic hydroxyl groups is 1. The Morgan fingerprint density at radius 2 is 0.397 bits per heavy atom. The van der Waals surface area contributed by atoms with Crippen molar-refractivity contribution in [2.75, 3.05) is 39.6 Å². The van der Waals surface area contributed by atoms with E-state index in [9.17, 15) is 43.2 Å². The Balaban J connectivity index is 5.19. The second-order valence-electron chi connectivity index (χ2n) is 35.3. The molecule has 116 heavy (non-hydrogen) atoms. The molecule has 2 unspecified atom stereocenters. The van der Waals surface area contributed by atoms with Crippen LogP contribution in [0.3, 0.4) is 0 Å². The Labute approximate surface area is 715 Å². The molecule has 0 heterocycles. The lowest BCUT2D eigenvalue weighted by molar-refractivity contribution is -0.161. The number of phosphoric acid groups is 2. The Kier molecular flexibility index (Phi) is 87.8. The van der Waals surface area contributed by atoms with Gasteiger partial charge >= 0.3 is 39.5 Å². The Hall–Kier alpha value is -1.94. The number of carbonyl (C=O) groups is 4. The van der Waals surface area contributed by atoms with Gasteiger partial charge in [0.05, 0.1) is 26.4 Å². The topological polar surface area (TPSA) is 237 Å². The number of rotatable bonds is 97. The minimum Gasteiger partial charge on any atom is -0.462 e. The van der Waals surface area contributed by atoms with Crippen LogP contribution in [-0.2, 0) is 65.4 Å². The van der Waals surface area contributed by atoms with Crippen molar-refractivity contribution in [3.05, 3.63) is 0 Å². The molecule has 0 aromatic rings. The maximum Gasteiger partial charge on any atom is 0.472 e. The Morgan fingerprint density at radius 3 is 0.586 bits per heavy atom. The summed E-state index contributed by atoms with van der Waals surface area (Å²) in [5.74, 6) is -1.39. The number of aliphatic hydroxyl groups excluding tert-OH is 1. The van der Waals surface area contributed by atoms with E-state index in [-0.39, 0.29) is 25.7 Å². The molecule has 0 bridgehead atoms. The lowest BCUT2D eigenvalue weighted by Gasteiger charge is -2.21. The lowest BCUT2D eigenvalue weighted by atomic mass is 10.0. The van der Waals surface area contributed by atoms with Gasteiger partial charge in [-0.3, -0.25) is 37.3 Å². The zero-order chi connectivity index (χ0) is 84.7. The number of hydrogen-bond donors (Lipinski definition) is 3. The fourth-order valence-electron chi connectivity index (χ4n) is 15.4. The zero-order valence-electron chi connectivity index (χ0n) is 76.7. The first-order valence-corrected chi connectivity index (χ1v) is 53.1. The molecule has 17 nitrogen and oxygen atoms in total. The van der Waals surface area contributed by atoms with Gasteiger partial charge in [0.2, 0.25) is 0 Å². The number of carbonyl (C=O) groups excluding carboxylic acids is 4. The molecule has 0 aliphatic carbocycles. The molecule has 0 saturated carbocycles. The second-order valence-corrected chi connectivity index (χ2v) is 38.2. The highest BCUT2D eigenvalue weighted by Crippen LogP contribution is 2.45. The highest BCUT2D eigenvalue weighted by atomic mass is 31.2. The SMILES string of the molecule is CCCCCCCCCCCCCCCCCCCCCCCCC(=O)OC[C@H](COP(=O)(O)OC[C@@H](O)COP(=O)(O)OC[C@@H](COC(=O)CCCCCCCCCC(C)C)OC(=O)CCCCCCCCCCCCCCCCCCCCCCCC)OC(=O)CCCCCCCCCCCCCCCCCCCCCCCC. The van der Waals surface area contributed by atoms with Gasteiger partial charge in [-0.15, -0.1) is 0 Å². The minimum atomic E-state index is -4.97. The van der Waals surface area contributed by atoms with E-state index in [4.69, 9.17) is 37.0 Å². The van der Waals surface area contributed by atoms with Crippen molar-refractivity contribution >= 4 is 39.5 Å². The van der Waals surface area contributed by atoms with Crippen LogP contribution in [-0.4, -0.2) is 96.7 Å². The van der Waals surface area contributed by atoms with Crippen molar-refractivity contribution in [2.45, 2.75) is 554 Å². The van der Waals surface area contributed by atoms with E-state index in [2.05, 4.69) is 34.6 Å². The third-order valence-electron chi connectivity index (χ3n) is 23.0. The molecule has 0 aliphatic rings. The molecule has 0 spiro atoms. The highest BCUT2D eigenvalue weighted by molar-refractivity contribution is 7.47. The molecule has 0 radical (unpaired) electrons. The summed E-state index contributed by atoms with van der Waals surface area (Å²) in [6.45, 7) is 7.36. The van der Waals surface area contributed by atoms with Gasteiger partial charge in [0.25, 0.3) is 0 Å². The number of phosphoric ester groups is 2. The number of unbranched alkanes of at least 4 members (excludes halogenated alkanes) is 69. The summed E-state index contributed by atoms with van der Waals surface area (Å²) in [5, 5.41) is 10.7. The molecule has 0 amide bonds. The van der Waals surface area contributed by atoms with Crippen molar-refractivity contribution in [1.29, 1.82) is 0 Å². The summed E-state index contributed by atoms with van der Waals surface area (Å²) < 4.78 is 69.2. The summed E-state index contributed by atoms with van der Waals surface area (Å²) in [6.07, 6.45) is 88.1. The molecule has 690 valence electrons. The maximum absolute atomic E-state index is 13.2. The first-order valence-electron chi connectivity index (χ1n) is 50.1. The predicted molar refractivity (Wildman–Crippen MR) is 483 cm³/mol. The van der Waals surface area contributed by atoms with Crippen LogP contribution in [0.5, 0.6) is 0 Å². The van der Waals surface area contributed by atoms with Crippen molar-refractivity contribution in [3.8, 4) is 0 Å². The molecule has 0 aliphatic heterocycles. The minimum absolute atomic E-state index is 0.109. The normalized spacial score (nSPS) is 13.6. The molecule has 0 aromatic carbocycles. The molecule has 5 atom stereocenters. The summed E-state index contributed by atoms with van der Waals surface area (Å²) in [7, 11) is -9.94. The number of esters is 4. The molecule has 0 fully saturated rings. The van der Waals surface area contributed by atoms with Gasteiger partial charge in [-0.1, -0.05) is 484 Å². The van der Waals surface area contributed by atoms with Gasteiger partial charge in [-0.25, -0.2) is 9.13 Å². The molecule has 19 heteroatoms. The van der Waals surface area contributed by atoms with Gasteiger partial charge in [0.15, 0.2) is 12.2 Å². The van der Waals surface area contributed by atoms with E-state index in [0.29, 0.717) is 31.6 Å². The predicted octanol–water partition coefficient (Wildman–Crippen LogP) is 30.7. The summed E-state index contributed by atoms with van der Waals surface area (Å²) in [6, 6.07) is 0. The summed E-state index contributed by atoms with van der Waals surface area (Å²) in [5.41, 5.74) is 0. The average molecular weight is 1690 g/mol. The third kappa shape index (κ3) is 89.8. The summed E-state index contributed by atoms with van der Waals surface area (Å²) >= 11 is 0. The van der Waals surface area contributed by atoms with Crippen LogP contribution in [0, 0.1) is 5.92 Å². The monoisotopic (exact) mass is 1690 g/mol. The number of hydrogen-bond acceptors (Lipinski definition) is 15. The quantitative estimate of drug-likeness (QED) is 0.0222. The van der Waals surface area contributed by atoms with Crippen LogP contribution in [0.2, 0.25) is 0 Å². The Morgan fingerprint density at radius 1 is 0.233 bits per heavy atom. The van der Waals surface area contributed by atoms with Crippen LogP contribution >= 0.6 is 15.6 Å². The lowest BCUT2D eigenvalue weighted by Crippen LogP contribution is -2.30. The van der Waals surface area contributed by atoms with Crippen molar-refractivity contribution in [2.24, 2.45) is 5.92 Å². The van der Waals surface area contributed by atoms with E-state index in [1.165, 1.54) is 353 Å². The maximum atomic E-state index is 13.2. The van der Waals surface area contributed by atoms with Crippen molar-refractivity contribution < 1.29 is 80.2 Å². The van der Waals surface area contributed by atoms with Gasteiger partial charge in [-0.05, 0) is 31.6 Å². The van der Waals surface area contributed by atoms with Crippen molar-refractivity contribution in [1.82, 2.24) is 0 Å². The zero-order valence-corrected chi connectivity index (χ0v) is 78.4. The van der Waals surface area contributed by atoms with Crippen LogP contribution in [0.15, 0.2) is 0 Å². The highest BCUT2D eigenvalue weighted by Gasteiger charge is 2.31. The number of ether oxygens (including phenoxy) is 4. The molecule has 3 N–H and O–H groups in total. The van der Waals surface area contributed by atoms with Gasteiger partial charge in [0.1, 0.15) is 19.3 Å². The molecular formula is C97H190O17P2. The molecule has 0 rings (SSSR count). The van der Waals surface area contributed by atoms with Gasteiger partial charge < -0.3 is 33.8 Å². The van der Waals surface area contributed by atoms with Gasteiger partial charge in [0, 0.05) is 25.7 Å². The van der Waals surface area contributed by atoms with Crippen LogP contribution < -0.4 is 0 Å². The molecular weight excluding hydrogens is 1500 g/mol. The standard InChI is InChI=1S/C97H190O17P2/c1-6-9-12-15-18-21-24-27-30-33-36-39-42-45-48-51-54-57-60-65-70-75-80-94(99)107-86-92(113-96(101)82-77-72-66-61-58-55-52-49-46-43-40-37-34-31-28-25-22-19-16-13-10-7-2)88-111-115(103,104)109-84-91(98)85-110-116(105,106)112-89-93(87-108-95(100)81-76-71-68-63-64-69-74-79-90(4)5)114-97(102)83-78-73-67-62-59-56-53-50-47-44-41-38-35-32-29-26-23-20-17-14-11-8-3/h90-93,98H,6-89H2,1-5H3,(H,103,104)(H,105,106)/t91-,92-,93-/m1/s1. The fourth-order valence-corrected chi connectivity index (χ4v) is 17.0. The van der Waals surface area contributed by atoms with E-state index < -0.39 is 97.5 Å². The van der Waals surface area contributed by atoms with E-state index in [1.807, 2.05) is 0 Å². The van der Waals surface area contributed by atoms with Crippen molar-refractivity contribution in [3.63, 3.8) is 0 Å². The Bertz CT molecular complexity index is 2190. The van der Waals surface area contributed by atoms with Crippen LogP contribution in [0.4, 0.5) is 0 Å². The second kappa shape index (κ2) is 89.3. The average Bonchev–Trinajstić information content (AvgIpc) is 0.895. The van der Waals surface area contributed by atoms with Gasteiger partial charge in [-0.2, -0.15) is 0 Å². The largest absolute Gasteiger partial charge is 0.472 e. The van der Waals surface area contributed by atoms with Crippen LogP contribution in [0.25, 0.3) is 0 Å². The van der Waals surface area contributed by atoms with Crippen LogP contribution in [0.1, 0.15) is 535 Å². The third-order valence-corrected chi connectivity index (χ3v) is 24.9. The first-order chi connectivity index (χ1) is 56.5. The first kappa shape index (κ1) is 114. The summed E-state index contributed by atoms with van der Waals surface area (Å²) in [4.78, 5) is 73.5. The van der Waals surface area contributed by atoms with E-state index in [1.54, 1.807) is 0 Å². The fraction of sp³-hybridized carbons (Fsp3) is 0.959.